The van der Waals surface area contributed by atoms with Crippen LogP contribution >= 0.6 is 0 Å². The molecule has 0 saturated carbocycles. The molecule has 1 aliphatic rings. The van der Waals surface area contributed by atoms with Gasteiger partial charge in [-0.2, -0.15) is 0 Å². The predicted octanol–water partition coefficient (Wildman–Crippen LogP) is 0.168. The number of anilines is 1. The molecule has 1 aromatic heterocycles. The molecular formula is C16H25N6O+. The first-order chi connectivity index (χ1) is 11.2. The average molecular weight is 317 g/mol. The molecule has 1 N–H and O–H groups in total. The molecule has 23 heavy (non-hydrogen) atoms. The monoisotopic (exact) mass is 317 g/mol. The van der Waals surface area contributed by atoms with Gasteiger partial charge in [-0.25, -0.2) is 4.68 Å². The number of ether oxygens (including phenoxy) is 1. The molecule has 0 bridgehead atoms. The summed E-state index contributed by atoms with van der Waals surface area (Å²) in [6.07, 6.45) is 0. The summed E-state index contributed by atoms with van der Waals surface area (Å²) in [5, 5.41) is 12.1. The van der Waals surface area contributed by atoms with E-state index in [4.69, 9.17) is 4.74 Å². The Labute approximate surface area is 136 Å². The quantitative estimate of drug-likeness (QED) is 0.852. The van der Waals surface area contributed by atoms with Crippen LogP contribution in [0.5, 0.6) is 5.75 Å². The van der Waals surface area contributed by atoms with Gasteiger partial charge in [-0.15, -0.1) is 5.10 Å². The maximum Gasteiger partial charge on any atom is 0.206 e. The molecule has 2 heterocycles. The highest BCUT2D eigenvalue weighted by atomic mass is 16.5. The van der Waals surface area contributed by atoms with Crippen LogP contribution in [0.2, 0.25) is 0 Å². The smallest absolute Gasteiger partial charge is 0.206 e. The number of methoxy groups -OCH3 is 1. The summed E-state index contributed by atoms with van der Waals surface area (Å²) in [4.78, 5) is 3.96. The number of benzene rings is 1. The normalized spacial score (nSPS) is 16.1. The molecule has 7 nitrogen and oxygen atoms in total. The summed E-state index contributed by atoms with van der Waals surface area (Å²) in [6.45, 7) is 9.39. The van der Waals surface area contributed by atoms with Gasteiger partial charge in [0.2, 0.25) is 5.82 Å². The fourth-order valence-corrected chi connectivity index (χ4v) is 3.00. The number of nitrogens with zero attached hydrogens (tertiary/aromatic N) is 5. The van der Waals surface area contributed by atoms with Crippen molar-refractivity contribution in [3.63, 3.8) is 0 Å². The first-order valence-corrected chi connectivity index (χ1v) is 8.16. The Hall–Kier alpha value is -2.15. The van der Waals surface area contributed by atoms with Gasteiger partial charge < -0.3 is 14.5 Å². The molecule has 0 amide bonds. The molecule has 0 aliphatic carbocycles. The van der Waals surface area contributed by atoms with Gasteiger partial charge in [-0.05, 0) is 48.5 Å². The van der Waals surface area contributed by atoms with E-state index in [2.05, 4.69) is 46.4 Å². The number of piperazine rings is 1. The van der Waals surface area contributed by atoms with Gasteiger partial charge >= 0.3 is 0 Å². The zero-order chi connectivity index (χ0) is 16.2. The molecule has 1 saturated heterocycles. The minimum Gasteiger partial charge on any atom is -0.497 e. The summed E-state index contributed by atoms with van der Waals surface area (Å²) < 4.78 is 7.14. The van der Waals surface area contributed by atoms with Gasteiger partial charge in [0.05, 0.1) is 39.3 Å². The Kier molecular flexibility index (Phi) is 4.76. The fraction of sp³-hybridized carbons (Fsp3) is 0.562. The highest BCUT2D eigenvalue weighted by Crippen LogP contribution is 2.19. The molecule has 1 fully saturated rings. The van der Waals surface area contributed by atoms with Crippen molar-refractivity contribution in [3.8, 4) is 5.75 Å². The minimum absolute atomic E-state index is 0.306. The third-order valence-corrected chi connectivity index (χ3v) is 4.37. The number of tetrazole rings is 1. The molecule has 3 rings (SSSR count). The molecule has 2 aromatic rings. The van der Waals surface area contributed by atoms with E-state index in [1.807, 2.05) is 16.8 Å². The lowest BCUT2D eigenvalue weighted by molar-refractivity contribution is -0.915. The predicted molar refractivity (Wildman–Crippen MR) is 87.8 cm³/mol. The van der Waals surface area contributed by atoms with Crippen LogP contribution in [0.4, 0.5) is 5.69 Å². The maximum atomic E-state index is 5.22. The van der Waals surface area contributed by atoms with Gasteiger partial charge in [0.1, 0.15) is 12.3 Å². The third-order valence-electron chi connectivity index (χ3n) is 4.37. The first-order valence-electron chi connectivity index (χ1n) is 8.16. The van der Waals surface area contributed by atoms with E-state index in [1.54, 1.807) is 7.11 Å². The SMILES string of the molecule is COc1ccc(N2CC[NH+](Cc3nnnn3C(C)C)CC2)cc1. The van der Waals surface area contributed by atoms with E-state index in [0.717, 1.165) is 44.3 Å². The highest BCUT2D eigenvalue weighted by molar-refractivity contribution is 5.49. The van der Waals surface area contributed by atoms with Crippen LogP contribution in [0.15, 0.2) is 24.3 Å². The number of rotatable bonds is 5. The summed E-state index contributed by atoms with van der Waals surface area (Å²) in [7, 11) is 1.70. The average Bonchev–Trinajstić information content (AvgIpc) is 3.04. The van der Waals surface area contributed by atoms with E-state index in [9.17, 15) is 0 Å². The first kappa shape index (κ1) is 15.7. The second-order valence-corrected chi connectivity index (χ2v) is 6.25. The largest absolute Gasteiger partial charge is 0.497 e. The molecule has 1 aromatic carbocycles. The number of aromatic nitrogens is 4. The van der Waals surface area contributed by atoms with Crippen LogP contribution in [-0.4, -0.2) is 53.5 Å². The minimum atomic E-state index is 0.306. The van der Waals surface area contributed by atoms with E-state index in [0.29, 0.717) is 6.04 Å². The lowest BCUT2D eigenvalue weighted by Crippen LogP contribution is -3.13. The molecule has 0 unspecified atom stereocenters. The second-order valence-electron chi connectivity index (χ2n) is 6.25. The van der Waals surface area contributed by atoms with Gasteiger partial charge in [0.15, 0.2) is 0 Å². The van der Waals surface area contributed by atoms with Crippen LogP contribution in [0, 0.1) is 0 Å². The van der Waals surface area contributed by atoms with E-state index >= 15 is 0 Å². The van der Waals surface area contributed by atoms with Crippen LogP contribution in [0.3, 0.4) is 0 Å². The van der Waals surface area contributed by atoms with Crippen molar-refractivity contribution < 1.29 is 9.64 Å². The number of hydrogen-bond donors (Lipinski definition) is 1. The number of nitrogens with one attached hydrogen (secondary N) is 1. The molecule has 1 aliphatic heterocycles. The van der Waals surface area contributed by atoms with Crippen LogP contribution in [0.25, 0.3) is 0 Å². The Balaban J connectivity index is 1.56. The highest BCUT2D eigenvalue weighted by Gasteiger charge is 2.23. The van der Waals surface area contributed by atoms with E-state index in [1.165, 1.54) is 10.6 Å². The molecule has 0 atom stereocenters. The van der Waals surface area contributed by atoms with Crippen molar-refractivity contribution in [2.24, 2.45) is 0 Å². The Bertz CT molecular complexity index is 616. The molecule has 0 spiro atoms. The summed E-state index contributed by atoms with van der Waals surface area (Å²) in [5.41, 5.74) is 1.26. The Morgan fingerprint density at radius 1 is 1.17 bits per heavy atom. The molecule has 0 radical (unpaired) electrons. The van der Waals surface area contributed by atoms with E-state index in [-0.39, 0.29) is 0 Å². The van der Waals surface area contributed by atoms with Crippen LogP contribution in [-0.2, 0) is 6.54 Å². The lowest BCUT2D eigenvalue weighted by Gasteiger charge is -2.33. The maximum absolute atomic E-state index is 5.22. The standard InChI is InChI=1S/C16H24N6O/c1-13(2)22-16(17-18-19-22)12-20-8-10-21(11-9-20)14-4-6-15(23-3)7-5-14/h4-7,13H,8-12H2,1-3H3/p+1. The van der Waals surface area contributed by atoms with Crippen molar-refractivity contribution in [2.45, 2.75) is 26.4 Å². The van der Waals surface area contributed by atoms with Crippen molar-refractivity contribution in [3.05, 3.63) is 30.1 Å². The fourth-order valence-electron chi connectivity index (χ4n) is 3.00. The van der Waals surface area contributed by atoms with Crippen LogP contribution in [0.1, 0.15) is 25.7 Å². The van der Waals surface area contributed by atoms with Gasteiger partial charge in [-0.1, -0.05) is 0 Å². The van der Waals surface area contributed by atoms with Gasteiger partial charge in [0, 0.05) is 5.69 Å². The third kappa shape index (κ3) is 3.61. The Morgan fingerprint density at radius 2 is 1.87 bits per heavy atom. The second kappa shape index (κ2) is 6.95. The number of hydrogen-bond acceptors (Lipinski definition) is 5. The summed E-state index contributed by atoms with van der Waals surface area (Å²) in [5.74, 6) is 1.88. The van der Waals surface area contributed by atoms with Crippen LogP contribution < -0.4 is 14.5 Å². The van der Waals surface area contributed by atoms with Gasteiger partial charge in [0.25, 0.3) is 0 Å². The Morgan fingerprint density at radius 3 is 2.48 bits per heavy atom. The molecule has 124 valence electrons. The van der Waals surface area contributed by atoms with Crippen molar-refractivity contribution in [2.75, 3.05) is 38.2 Å². The lowest BCUT2D eigenvalue weighted by atomic mass is 10.2. The van der Waals surface area contributed by atoms with E-state index < -0.39 is 0 Å². The van der Waals surface area contributed by atoms with Gasteiger partial charge in [-0.3, -0.25) is 0 Å². The van der Waals surface area contributed by atoms with Crippen molar-refractivity contribution in [1.29, 1.82) is 0 Å². The summed E-state index contributed by atoms with van der Waals surface area (Å²) >= 11 is 0. The zero-order valence-electron chi connectivity index (χ0n) is 14.1. The molecule has 7 heteroatoms. The van der Waals surface area contributed by atoms with Crippen molar-refractivity contribution in [1.82, 2.24) is 20.2 Å². The topological polar surface area (TPSA) is 60.5 Å². The van der Waals surface area contributed by atoms with Crippen molar-refractivity contribution >= 4 is 5.69 Å². The number of quaternary nitrogens is 1. The molecular weight excluding hydrogens is 292 g/mol. The summed E-state index contributed by atoms with van der Waals surface area (Å²) in [6, 6.07) is 8.60. The zero-order valence-corrected chi connectivity index (χ0v) is 14.1.